The first-order valence-corrected chi connectivity index (χ1v) is 4.92. The summed E-state index contributed by atoms with van der Waals surface area (Å²) in [6.07, 6.45) is 2.31. The van der Waals surface area contributed by atoms with Crippen molar-refractivity contribution in [2.45, 2.75) is 19.4 Å². The molecule has 82 valence electrons. The fourth-order valence-corrected chi connectivity index (χ4v) is 1.17. The molecular weight excluding hydrogens is 190 g/mol. The van der Waals surface area contributed by atoms with Crippen molar-refractivity contribution in [2.75, 3.05) is 6.61 Å². The average Bonchev–Trinajstić information content (AvgIpc) is 2.26. The molecule has 3 nitrogen and oxygen atoms in total. The number of nitrogens with two attached hydrogens (primary N) is 1. The van der Waals surface area contributed by atoms with Gasteiger partial charge in [0.05, 0.1) is 0 Å². The summed E-state index contributed by atoms with van der Waals surface area (Å²) in [4.78, 5) is 4.74. The molecule has 0 radical (unpaired) electrons. The van der Waals surface area contributed by atoms with Gasteiger partial charge in [0.1, 0.15) is 18.5 Å². The van der Waals surface area contributed by atoms with E-state index >= 15 is 0 Å². The second kappa shape index (κ2) is 6.22. The Morgan fingerprint density at radius 2 is 2.07 bits per heavy atom. The third-order valence-electron chi connectivity index (χ3n) is 2.08. The average molecular weight is 207 g/mol. The van der Waals surface area contributed by atoms with E-state index in [1.165, 1.54) is 5.56 Å². The molecule has 0 bridgehead atoms. The topological polar surface area (TPSA) is 44.5 Å². The van der Waals surface area contributed by atoms with Crippen LogP contribution in [0.3, 0.4) is 0 Å². The van der Waals surface area contributed by atoms with Crippen molar-refractivity contribution in [1.82, 2.24) is 0 Å². The van der Waals surface area contributed by atoms with Gasteiger partial charge in [-0.15, -0.1) is 6.58 Å². The second-order valence-electron chi connectivity index (χ2n) is 3.41. The van der Waals surface area contributed by atoms with Gasteiger partial charge in [-0.05, 0) is 25.5 Å². The Morgan fingerprint density at radius 3 is 2.60 bits per heavy atom. The van der Waals surface area contributed by atoms with Crippen LogP contribution in [0, 0.1) is 6.92 Å². The van der Waals surface area contributed by atoms with Crippen molar-refractivity contribution in [2.24, 2.45) is 5.90 Å². The largest absolute Gasteiger partial charge is 0.491 e. The van der Waals surface area contributed by atoms with Crippen molar-refractivity contribution in [3.05, 3.63) is 42.5 Å². The van der Waals surface area contributed by atoms with Crippen molar-refractivity contribution in [1.29, 1.82) is 0 Å². The summed E-state index contributed by atoms with van der Waals surface area (Å²) in [6.45, 7) is 6.10. The summed E-state index contributed by atoms with van der Waals surface area (Å²) < 4.78 is 5.51. The Labute approximate surface area is 90.5 Å². The van der Waals surface area contributed by atoms with Crippen molar-refractivity contribution in [3.8, 4) is 5.75 Å². The van der Waals surface area contributed by atoms with E-state index < -0.39 is 0 Å². The molecule has 0 saturated carbocycles. The molecule has 15 heavy (non-hydrogen) atoms. The lowest BCUT2D eigenvalue weighted by molar-refractivity contribution is 0.0217. The summed E-state index contributed by atoms with van der Waals surface area (Å²) in [7, 11) is 0. The van der Waals surface area contributed by atoms with E-state index in [1.54, 1.807) is 6.08 Å². The number of ether oxygens (including phenoxy) is 1. The molecule has 0 fully saturated rings. The molecule has 0 aliphatic carbocycles. The molecule has 1 unspecified atom stereocenters. The van der Waals surface area contributed by atoms with Crippen LogP contribution in [-0.4, -0.2) is 12.7 Å². The molecule has 0 saturated heterocycles. The van der Waals surface area contributed by atoms with E-state index in [2.05, 4.69) is 6.58 Å². The molecule has 1 atom stereocenters. The highest BCUT2D eigenvalue weighted by Crippen LogP contribution is 2.12. The Bertz CT molecular complexity index is 295. The number of aryl methyl sites for hydroxylation is 1. The maximum Gasteiger partial charge on any atom is 0.119 e. The Hall–Kier alpha value is -1.32. The highest BCUT2D eigenvalue weighted by Gasteiger charge is 2.06. The Kier molecular flexibility index (Phi) is 4.87. The molecule has 0 aliphatic heterocycles. The maximum atomic E-state index is 5.51. The molecule has 0 spiro atoms. The van der Waals surface area contributed by atoms with E-state index in [-0.39, 0.29) is 6.10 Å². The lowest BCUT2D eigenvalue weighted by atomic mass is 10.2. The monoisotopic (exact) mass is 207 g/mol. The fraction of sp³-hybridized carbons (Fsp3) is 0.333. The SMILES string of the molecule is C=CCC(COc1ccc(C)cc1)ON. The molecule has 1 aromatic rings. The second-order valence-corrected chi connectivity index (χ2v) is 3.41. The minimum absolute atomic E-state index is 0.135. The molecule has 0 amide bonds. The van der Waals surface area contributed by atoms with Gasteiger partial charge in [0.15, 0.2) is 0 Å². The van der Waals surface area contributed by atoms with Crippen LogP contribution in [0.25, 0.3) is 0 Å². The normalized spacial score (nSPS) is 12.1. The maximum absolute atomic E-state index is 5.51. The summed E-state index contributed by atoms with van der Waals surface area (Å²) in [5.41, 5.74) is 1.21. The summed E-state index contributed by atoms with van der Waals surface area (Å²) in [6, 6.07) is 7.86. The van der Waals surface area contributed by atoms with Crippen LogP contribution in [0.1, 0.15) is 12.0 Å². The van der Waals surface area contributed by atoms with E-state index in [9.17, 15) is 0 Å². The highest BCUT2D eigenvalue weighted by molar-refractivity contribution is 5.26. The van der Waals surface area contributed by atoms with Gasteiger partial charge in [0, 0.05) is 0 Å². The van der Waals surface area contributed by atoms with Crippen LogP contribution in [0.2, 0.25) is 0 Å². The smallest absolute Gasteiger partial charge is 0.119 e. The zero-order chi connectivity index (χ0) is 11.1. The fourth-order valence-electron chi connectivity index (χ4n) is 1.17. The first-order valence-electron chi connectivity index (χ1n) is 4.92. The van der Waals surface area contributed by atoms with Crippen LogP contribution < -0.4 is 10.6 Å². The van der Waals surface area contributed by atoms with Crippen LogP contribution >= 0.6 is 0 Å². The van der Waals surface area contributed by atoms with Gasteiger partial charge in [-0.1, -0.05) is 23.8 Å². The predicted molar refractivity (Wildman–Crippen MR) is 60.5 cm³/mol. The van der Waals surface area contributed by atoms with E-state index in [4.69, 9.17) is 15.5 Å². The minimum atomic E-state index is -0.135. The third-order valence-corrected chi connectivity index (χ3v) is 2.08. The van der Waals surface area contributed by atoms with Gasteiger partial charge >= 0.3 is 0 Å². The predicted octanol–water partition coefficient (Wildman–Crippen LogP) is 2.21. The summed E-state index contributed by atoms with van der Waals surface area (Å²) in [5, 5.41) is 0. The van der Waals surface area contributed by atoms with Gasteiger partial charge in [0.25, 0.3) is 0 Å². The molecular formula is C12H17NO2. The quantitative estimate of drug-likeness (QED) is 0.574. The molecule has 3 heteroatoms. The molecule has 0 heterocycles. The van der Waals surface area contributed by atoms with E-state index in [0.29, 0.717) is 13.0 Å². The number of hydrogen-bond acceptors (Lipinski definition) is 3. The van der Waals surface area contributed by atoms with Gasteiger partial charge in [0.2, 0.25) is 0 Å². The standard InChI is InChI=1S/C12H17NO2/c1-3-4-12(15-13)9-14-11-7-5-10(2)6-8-11/h3,5-8,12H,1,4,9,13H2,2H3. The summed E-state index contributed by atoms with van der Waals surface area (Å²) >= 11 is 0. The number of hydrogen-bond donors (Lipinski definition) is 1. The number of benzene rings is 1. The highest BCUT2D eigenvalue weighted by atomic mass is 16.6. The Morgan fingerprint density at radius 1 is 1.40 bits per heavy atom. The van der Waals surface area contributed by atoms with Crippen molar-refractivity contribution < 1.29 is 9.57 Å². The Balaban J connectivity index is 2.41. The molecule has 1 rings (SSSR count). The van der Waals surface area contributed by atoms with Gasteiger partial charge in [-0.3, -0.25) is 4.84 Å². The van der Waals surface area contributed by atoms with Gasteiger partial charge < -0.3 is 4.74 Å². The minimum Gasteiger partial charge on any atom is -0.491 e. The lowest BCUT2D eigenvalue weighted by Crippen LogP contribution is -2.24. The van der Waals surface area contributed by atoms with E-state index in [1.807, 2.05) is 31.2 Å². The van der Waals surface area contributed by atoms with Crippen LogP contribution in [0.15, 0.2) is 36.9 Å². The molecule has 0 aliphatic rings. The first kappa shape index (κ1) is 11.8. The molecule has 1 aromatic carbocycles. The lowest BCUT2D eigenvalue weighted by Gasteiger charge is -2.13. The molecule has 2 N–H and O–H groups in total. The zero-order valence-electron chi connectivity index (χ0n) is 8.98. The van der Waals surface area contributed by atoms with Gasteiger partial charge in [-0.25, -0.2) is 5.90 Å². The molecule has 0 aromatic heterocycles. The number of rotatable bonds is 6. The van der Waals surface area contributed by atoms with Crippen LogP contribution in [-0.2, 0) is 4.84 Å². The third kappa shape index (κ3) is 4.14. The van der Waals surface area contributed by atoms with Crippen LogP contribution in [0.5, 0.6) is 5.75 Å². The summed E-state index contributed by atoms with van der Waals surface area (Å²) in [5.74, 6) is 5.94. The van der Waals surface area contributed by atoms with Gasteiger partial charge in [-0.2, -0.15) is 0 Å². The van der Waals surface area contributed by atoms with E-state index in [0.717, 1.165) is 5.75 Å². The van der Waals surface area contributed by atoms with Crippen LogP contribution in [0.4, 0.5) is 0 Å². The van der Waals surface area contributed by atoms with Crippen molar-refractivity contribution >= 4 is 0 Å². The first-order chi connectivity index (χ1) is 7.26. The zero-order valence-corrected chi connectivity index (χ0v) is 8.98. The van der Waals surface area contributed by atoms with Crippen molar-refractivity contribution in [3.63, 3.8) is 0 Å².